The molecule has 5 rings (SSSR count). The first-order valence-corrected chi connectivity index (χ1v) is 9.93. The zero-order chi connectivity index (χ0) is 16.5. The molecule has 0 radical (unpaired) electrons. The molecule has 0 nitrogen and oxygen atoms in total. The average molecular weight is 347 g/mol. The van der Waals surface area contributed by atoms with E-state index in [1.807, 2.05) is 22.7 Å². The van der Waals surface area contributed by atoms with E-state index in [0.717, 1.165) is 0 Å². The lowest BCUT2D eigenvalue weighted by molar-refractivity contribution is 0.602. The van der Waals surface area contributed by atoms with Crippen LogP contribution >= 0.6 is 22.7 Å². The lowest BCUT2D eigenvalue weighted by Gasteiger charge is -2.22. The minimum atomic E-state index is 0.103. The van der Waals surface area contributed by atoms with Crippen molar-refractivity contribution in [1.29, 1.82) is 0 Å². The van der Waals surface area contributed by atoms with E-state index in [-0.39, 0.29) is 5.41 Å². The van der Waals surface area contributed by atoms with Gasteiger partial charge in [-0.1, -0.05) is 57.2 Å². The molecule has 0 spiro atoms. The summed E-state index contributed by atoms with van der Waals surface area (Å²) in [6.45, 7) is 7.04. The van der Waals surface area contributed by atoms with E-state index in [2.05, 4.69) is 75.4 Å². The zero-order valence-corrected chi connectivity index (χ0v) is 15.6. The van der Waals surface area contributed by atoms with Gasteiger partial charge >= 0.3 is 0 Å². The maximum absolute atomic E-state index is 2.41. The first kappa shape index (κ1) is 14.4. The van der Waals surface area contributed by atoms with Crippen LogP contribution in [-0.2, 0) is 5.41 Å². The standard InChI is InChI=1S/C22H18S2/c1-22(2,3)21-19-13-8-4-6-10-15(13)23-17(19)12-18-20(21)14-9-5-7-11-16(14)24-18/h4-12H,1-3H3. The summed E-state index contributed by atoms with van der Waals surface area (Å²) >= 11 is 3.85. The molecule has 0 amide bonds. The van der Waals surface area contributed by atoms with Crippen molar-refractivity contribution in [2.45, 2.75) is 26.2 Å². The molecule has 118 valence electrons. The SMILES string of the molecule is CC(C)(C)c1c2c(cc3sc4ccccc4c13)sc1ccccc12. The molecule has 3 aromatic carbocycles. The van der Waals surface area contributed by atoms with Crippen LogP contribution in [0.25, 0.3) is 40.3 Å². The summed E-state index contributed by atoms with van der Waals surface area (Å²) in [6, 6.07) is 20.1. The fourth-order valence-corrected chi connectivity index (χ4v) is 6.23. The third kappa shape index (κ3) is 1.90. The maximum atomic E-state index is 2.41. The normalized spacial score (nSPS) is 12.8. The molecule has 0 unspecified atom stereocenters. The summed E-state index contributed by atoms with van der Waals surface area (Å²) in [4.78, 5) is 0. The Morgan fingerprint density at radius 3 is 1.54 bits per heavy atom. The Labute approximate surface area is 149 Å². The summed E-state index contributed by atoms with van der Waals surface area (Å²) in [5.74, 6) is 0. The molecule has 2 heteroatoms. The van der Waals surface area contributed by atoms with Crippen molar-refractivity contribution in [3.8, 4) is 0 Å². The van der Waals surface area contributed by atoms with Gasteiger partial charge in [-0.3, -0.25) is 0 Å². The molecule has 0 aliphatic carbocycles. The lowest BCUT2D eigenvalue weighted by atomic mass is 9.81. The summed E-state index contributed by atoms with van der Waals surface area (Å²) in [6.07, 6.45) is 0. The molecule has 0 aliphatic rings. The summed E-state index contributed by atoms with van der Waals surface area (Å²) in [7, 11) is 0. The fraction of sp³-hybridized carbons (Fsp3) is 0.182. The van der Waals surface area contributed by atoms with E-state index in [1.165, 1.54) is 45.9 Å². The van der Waals surface area contributed by atoms with Crippen molar-refractivity contribution in [2.75, 3.05) is 0 Å². The van der Waals surface area contributed by atoms with Crippen molar-refractivity contribution in [3.05, 3.63) is 60.2 Å². The number of benzene rings is 3. The largest absolute Gasteiger partial charge is 0.135 e. The second-order valence-electron chi connectivity index (χ2n) is 7.44. The van der Waals surface area contributed by atoms with Crippen LogP contribution in [0.3, 0.4) is 0 Å². The van der Waals surface area contributed by atoms with Gasteiger partial charge in [-0.2, -0.15) is 0 Å². The summed E-state index contributed by atoms with van der Waals surface area (Å²) in [5, 5.41) is 5.72. The van der Waals surface area contributed by atoms with Gasteiger partial charge in [0.2, 0.25) is 0 Å². The van der Waals surface area contributed by atoms with E-state index in [0.29, 0.717) is 0 Å². The quantitative estimate of drug-likeness (QED) is 0.269. The monoisotopic (exact) mass is 346 g/mol. The van der Waals surface area contributed by atoms with Crippen molar-refractivity contribution >= 4 is 63.0 Å². The number of hydrogen-bond acceptors (Lipinski definition) is 2. The van der Waals surface area contributed by atoms with Crippen LogP contribution in [0, 0.1) is 0 Å². The Kier molecular flexibility index (Phi) is 2.89. The molecule has 0 atom stereocenters. The number of rotatable bonds is 0. The van der Waals surface area contributed by atoms with E-state index in [9.17, 15) is 0 Å². The number of hydrogen-bond donors (Lipinski definition) is 0. The number of fused-ring (bicyclic) bond motifs is 6. The van der Waals surface area contributed by atoms with Crippen molar-refractivity contribution in [2.24, 2.45) is 0 Å². The molecule has 0 fully saturated rings. The third-order valence-corrected chi connectivity index (χ3v) is 6.99. The van der Waals surface area contributed by atoms with Crippen molar-refractivity contribution in [3.63, 3.8) is 0 Å². The Morgan fingerprint density at radius 1 is 0.625 bits per heavy atom. The Hall–Kier alpha value is -1.90. The van der Waals surface area contributed by atoms with Crippen LogP contribution in [0.15, 0.2) is 54.6 Å². The maximum Gasteiger partial charge on any atom is 0.0372 e. The van der Waals surface area contributed by atoms with Crippen molar-refractivity contribution in [1.82, 2.24) is 0 Å². The molecule has 24 heavy (non-hydrogen) atoms. The van der Waals surface area contributed by atoms with Crippen LogP contribution in [0.5, 0.6) is 0 Å². The Balaban J connectivity index is 2.14. The first-order chi connectivity index (χ1) is 11.5. The van der Waals surface area contributed by atoms with Crippen molar-refractivity contribution < 1.29 is 0 Å². The average Bonchev–Trinajstić information content (AvgIpc) is 3.09. The molecular formula is C22H18S2. The molecule has 0 aliphatic heterocycles. The molecule has 0 saturated carbocycles. The van der Waals surface area contributed by atoms with Gasteiger partial charge in [0.05, 0.1) is 0 Å². The van der Waals surface area contributed by atoms with Crippen LogP contribution in [-0.4, -0.2) is 0 Å². The number of thiophene rings is 2. The minimum absolute atomic E-state index is 0.103. The molecule has 2 aromatic heterocycles. The smallest absolute Gasteiger partial charge is 0.0372 e. The van der Waals surface area contributed by atoms with E-state index in [1.54, 1.807) is 0 Å². The highest BCUT2D eigenvalue weighted by atomic mass is 32.1. The topological polar surface area (TPSA) is 0 Å². The van der Waals surface area contributed by atoms with E-state index >= 15 is 0 Å². The van der Waals surface area contributed by atoms with E-state index < -0.39 is 0 Å². The Morgan fingerprint density at radius 2 is 1.08 bits per heavy atom. The molecule has 0 saturated heterocycles. The van der Waals surface area contributed by atoms with Gasteiger partial charge in [0.25, 0.3) is 0 Å². The van der Waals surface area contributed by atoms with Gasteiger partial charge in [-0.25, -0.2) is 0 Å². The second kappa shape index (κ2) is 4.81. The molecule has 2 heterocycles. The van der Waals surface area contributed by atoms with E-state index in [4.69, 9.17) is 0 Å². The predicted molar refractivity (Wildman–Crippen MR) is 111 cm³/mol. The third-order valence-electron chi connectivity index (χ3n) is 4.76. The van der Waals surface area contributed by atoms with Crippen LogP contribution in [0.4, 0.5) is 0 Å². The van der Waals surface area contributed by atoms with Gasteiger partial charge in [-0.15, -0.1) is 22.7 Å². The van der Waals surface area contributed by atoms with Crippen LogP contribution in [0.2, 0.25) is 0 Å². The minimum Gasteiger partial charge on any atom is -0.135 e. The van der Waals surface area contributed by atoms with Crippen LogP contribution < -0.4 is 0 Å². The predicted octanol–water partition coefficient (Wildman–Crippen LogP) is 7.72. The molecular weight excluding hydrogens is 328 g/mol. The Bertz CT molecular complexity index is 1140. The van der Waals surface area contributed by atoms with Crippen LogP contribution in [0.1, 0.15) is 26.3 Å². The highest BCUT2D eigenvalue weighted by molar-refractivity contribution is 7.28. The fourth-order valence-electron chi connectivity index (χ4n) is 3.84. The highest BCUT2D eigenvalue weighted by Gasteiger charge is 2.25. The van der Waals surface area contributed by atoms with Gasteiger partial charge < -0.3 is 0 Å². The molecule has 5 aromatic rings. The molecule has 0 bridgehead atoms. The van der Waals surface area contributed by atoms with Gasteiger partial charge in [-0.05, 0) is 29.2 Å². The first-order valence-electron chi connectivity index (χ1n) is 8.30. The summed E-state index contributed by atoms with van der Waals surface area (Å²) < 4.78 is 5.61. The van der Waals surface area contributed by atoms with Gasteiger partial charge in [0.1, 0.15) is 0 Å². The van der Waals surface area contributed by atoms with Gasteiger partial charge in [0.15, 0.2) is 0 Å². The zero-order valence-electron chi connectivity index (χ0n) is 14.0. The summed E-state index contributed by atoms with van der Waals surface area (Å²) in [5.41, 5.74) is 1.61. The lowest BCUT2D eigenvalue weighted by Crippen LogP contribution is -2.12. The second-order valence-corrected chi connectivity index (χ2v) is 9.61. The highest BCUT2D eigenvalue weighted by Crippen LogP contribution is 2.48. The van der Waals surface area contributed by atoms with Gasteiger partial charge in [0, 0.05) is 40.3 Å². The molecule has 0 N–H and O–H groups in total.